The predicted molar refractivity (Wildman–Crippen MR) is 235 cm³/mol. The Bertz CT molecular complexity index is 3340. The van der Waals surface area contributed by atoms with Gasteiger partial charge in [-0.15, -0.1) is 0 Å². The quantitative estimate of drug-likeness (QED) is 0.164. The molecule has 4 heterocycles. The van der Waals surface area contributed by atoms with E-state index in [4.69, 9.17) is 24.4 Å². The fourth-order valence-corrected chi connectivity index (χ4v) is 8.60. The molecule has 0 N–H and O–H groups in total. The van der Waals surface area contributed by atoms with Crippen LogP contribution in [0.2, 0.25) is 0 Å². The molecular weight excluding hydrogens is 711 g/mol. The lowest BCUT2D eigenvalue weighted by atomic mass is 9.90. The zero-order valence-electron chi connectivity index (χ0n) is 31.0. The second kappa shape index (κ2) is 12.8. The molecule has 12 rings (SSSR count). The Morgan fingerprint density at radius 2 is 0.983 bits per heavy atom. The summed E-state index contributed by atoms with van der Waals surface area (Å²) in [4.78, 5) is 23.3. The summed E-state index contributed by atoms with van der Waals surface area (Å²) in [5.41, 5.74) is 12.5. The van der Waals surface area contributed by atoms with Crippen LogP contribution in [-0.2, 0) is 0 Å². The predicted octanol–water partition coefficient (Wildman–Crippen LogP) is 13.6. The van der Waals surface area contributed by atoms with E-state index in [0.717, 1.165) is 99.6 Å². The third-order valence-corrected chi connectivity index (χ3v) is 11.3. The lowest BCUT2D eigenvalue weighted by Crippen LogP contribution is -2.19. The van der Waals surface area contributed by atoms with Crippen molar-refractivity contribution < 1.29 is 4.42 Å². The van der Waals surface area contributed by atoms with Crippen molar-refractivity contribution in [3.63, 3.8) is 0 Å². The summed E-state index contributed by atoms with van der Waals surface area (Å²) >= 11 is 0. The molecule has 0 aliphatic carbocycles. The van der Waals surface area contributed by atoms with E-state index in [2.05, 4.69) is 120 Å². The first-order chi connectivity index (χ1) is 28.8. The minimum atomic E-state index is 0.525. The van der Waals surface area contributed by atoms with Gasteiger partial charge in [-0.2, -0.15) is 9.97 Å². The zero-order chi connectivity index (χ0) is 38.2. The van der Waals surface area contributed by atoms with E-state index >= 15 is 0 Å². The van der Waals surface area contributed by atoms with Crippen LogP contribution in [0.1, 0.15) is 0 Å². The van der Waals surface area contributed by atoms with E-state index < -0.39 is 0 Å². The number of hydrogen-bond donors (Lipinski definition) is 0. The van der Waals surface area contributed by atoms with Gasteiger partial charge in [-0.05, 0) is 40.8 Å². The Balaban J connectivity index is 1.17. The van der Waals surface area contributed by atoms with E-state index in [1.54, 1.807) is 0 Å². The van der Waals surface area contributed by atoms with Crippen LogP contribution in [-0.4, -0.2) is 19.9 Å². The molecule has 0 bridgehead atoms. The van der Waals surface area contributed by atoms with Gasteiger partial charge in [-0.25, -0.2) is 9.97 Å². The first-order valence-electron chi connectivity index (χ1n) is 19.4. The van der Waals surface area contributed by atoms with Crippen molar-refractivity contribution in [1.82, 2.24) is 19.9 Å². The van der Waals surface area contributed by atoms with Crippen molar-refractivity contribution in [2.24, 2.45) is 0 Å². The number of pyridine rings is 1. The van der Waals surface area contributed by atoms with E-state index in [-0.39, 0.29) is 0 Å². The molecule has 270 valence electrons. The van der Waals surface area contributed by atoms with Crippen LogP contribution < -0.4 is 4.90 Å². The number of nitrogens with zero attached hydrogens (tertiary/aromatic N) is 5. The number of anilines is 3. The molecule has 3 aromatic heterocycles. The maximum Gasteiger partial charge on any atom is 0.238 e. The second-order valence-corrected chi connectivity index (χ2v) is 14.6. The van der Waals surface area contributed by atoms with Gasteiger partial charge in [0.1, 0.15) is 11.2 Å². The van der Waals surface area contributed by atoms with Gasteiger partial charge in [0.2, 0.25) is 5.95 Å². The van der Waals surface area contributed by atoms with Crippen LogP contribution in [0, 0.1) is 0 Å². The first-order valence-corrected chi connectivity index (χ1v) is 19.4. The number of benzene rings is 8. The second-order valence-electron chi connectivity index (χ2n) is 14.6. The standard InChI is InChI=1S/C52H31N5O/c1-4-15-32(16-5-1)36-22-12-25-40-39-24-14-27-44-46(39)48(53-47(36)40)42-31-35(37-23-13-26-41-38-21-10-11-28-45(38)58-49(37)41)29-30-43(42)57(44)52-55-50(33-17-6-2-7-18-33)54-51(56-52)34-19-8-3-9-20-34/h1-31H. The van der Waals surface area contributed by atoms with Gasteiger partial charge >= 0.3 is 0 Å². The SMILES string of the molecule is c1ccc(-c2nc(-c3ccccc3)nc(N3c4ccc(-c5cccc6c5oc5ccccc56)cc4-c4nc5c(-c6ccccc6)cccc5c5cccc3c45)n2)cc1. The van der Waals surface area contributed by atoms with E-state index in [1.807, 2.05) is 72.8 Å². The largest absolute Gasteiger partial charge is 0.455 e. The topological polar surface area (TPSA) is 67.9 Å². The van der Waals surface area contributed by atoms with Crippen molar-refractivity contribution in [2.45, 2.75) is 0 Å². The average molecular weight is 742 g/mol. The van der Waals surface area contributed by atoms with Crippen molar-refractivity contribution in [2.75, 3.05) is 4.90 Å². The van der Waals surface area contributed by atoms with Gasteiger partial charge in [-0.1, -0.05) is 164 Å². The summed E-state index contributed by atoms with van der Waals surface area (Å²) in [6.45, 7) is 0. The lowest BCUT2D eigenvalue weighted by Gasteiger charge is -2.32. The molecule has 1 aliphatic heterocycles. The molecule has 1 aliphatic rings. The fraction of sp³-hybridized carbons (Fsp3) is 0. The summed E-state index contributed by atoms with van der Waals surface area (Å²) in [6.07, 6.45) is 0. The van der Waals surface area contributed by atoms with Crippen molar-refractivity contribution in [3.05, 3.63) is 188 Å². The van der Waals surface area contributed by atoms with E-state index in [1.165, 1.54) is 0 Å². The van der Waals surface area contributed by atoms with Gasteiger partial charge in [-0.3, -0.25) is 4.90 Å². The van der Waals surface area contributed by atoms with Crippen molar-refractivity contribution in [1.29, 1.82) is 0 Å². The molecule has 0 spiro atoms. The molecule has 0 saturated heterocycles. The maximum absolute atomic E-state index is 6.57. The molecule has 0 amide bonds. The average Bonchev–Trinajstić information content (AvgIpc) is 3.69. The minimum Gasteiger partial charge on any atom is -0.455 e. The van der Waals surface area contributed by atoms with Gasteiger partial charge in [0.25, 0.3) is 0 Å². The molecule has 0 radical (unpaired) electrons. The molecule has 8 aromatic carbocycles. The van der Waals surface area contributed by atoms with Crippen LogP contribution >= 0.6 is 0 Å². The smallest absolute Gasteiger partial charge is 0.238 e. The normalized spacial score (nSPS) is 12.1. The summed E-state index contributed by atoms with van der Waals surface area (Å²) in [7, 11) is 0. The molecule has 0 unspecified atom stereocenters. The molecule has 6 nitrogen and oxygen atoms in total. The highest BCUT2D eigenvalue weighted by Gasteiger charge is 2.31. The molecule has 58 heavy (non-hydrogen) atoms. The molecule has 0 saturated carbocycles. The lowest BCUT2D eigenvalue weighted by molar-refractivity contribution is 0.670. The fourth-order valence-electron chi connectivity index (χ4n) is 8.60. The Morgan fingerprint density at radius 3 is 1.72 bits per heavy atom. The van der Waals surface area contributed by atoms with Crippen LogP contribution in [0.25, 0.3) is 99.9 Å². The van der Waals surface area contributed by atoms with Crippen LogP contribution in [0.4, 0.5) is 17.3 Å². The zero-order valence-corrected chi connectivity index (χ0v) is 31.0. The van der Waals surface area contributed by atoms with Crippen LogP contribution in [0.15, 0.2) is 192 Å². The molecule has 0 atom stereocenters. The Morgan fingerprint density at radius 1 is 0.379 bits per heavy atom. The number of fused-ring (bicyclic) bond motifs is 7. The molecular formula is C52H31N5O. The van der Waals surface area contributed by atoms with Gasteiger partial charge in [0.05, 0.1) is 22.6 Å². The Hall–Kier alpha value is -7.96. The Kier molecular flexibility index (Phi) is 7.13. The highest BCUT2D eigenvalue weighted by Crippen LogP contribution is 2.52. The first kappa shape index (κ1) is 32.3. The van der Waals surface area contributed by atoms with Gasteiger partial charge < -0.3 is 4.42 Å². The third-order valence-electron chi connectivity index (χ3n) is 11.3. The van der Waals surface area contributed by atoms with Gasteiger partial charge in [0, 0.05) is 49.4 Å². The van der Waals surface area contributed by atoms with E-state index in [9.17, 15) is 0 Å². The third kappa shape index (κ3) is 4.98. The number of aromatic nitrogens is 4. The summed E-state index contributed by atoms with van der Waals surface area (Å²) < 4.78 is 6.57. The molecule has 0 fully saturated rings. The number of hydrogen-bond acceptors (Lipinski definition) is 6. The van der Waals surface area contributed by atoms with Crippen molar-refractivity contribution >= 4 is 60.9 Å². The number of para-hydroxylation sites is 3. The summed E-state index contributed by atoms with van der Waals surface area (Å²) in [5.74, 6) is 1.72. The highest BCUT2D eigenvalue weighted by atomic mass is 16.3. The summed E-state index contributed by atoms with van der Waals surface area (Å²) in [5, 5.41) is 5.41. The number of furan rings is 1. The van der Waals surface area contributed by atoms with Crippen LogP contribution in [0.3, 0.4) is 0 Å². The minimum absolute atomic E-state index is 0.525. The maximum atomic E-state index is 6.57. The van der Waals surface area contributed by atoms with Crippen molar-refractivity contribution in [3.8, 4) is 56.3 Å². The summed E-state index contributed by atoms with van der Waals surface area (Å²) in [6, 6.07) is 64.9. The molecule has 6 heteroatoms. The van der Waals surface area contributed by atoms with Crippen LogP contribution in [0.5, 0.6) is 0 Å². The highest BCUT2D eigenvalue weighted by molar-refractivity contribution is 6.22. The van der Waals surface area contributed by atoms with Gasteiger partial charge in [0.15, 0.2) is 11.6 Å². The molecule has 11 aromatic rings. The van der Waals surface area contributed by atoms with E-state index in [0.29, 0.717) is 17.6 Å². The monoisotopic (exact) mass is 741 g/mol. The Labute approximate surface area is 333 Å². The number of rotatable bonds is 5.